The van der Waals surface area contributed by atoms with Gasteiger partial charge in [-0.2, -0.15) is 0 Å². The first-order chi connectivity index (χ1) is 8.70. The molecule has 1 fully saturated rings. The van der Waals surface area contributed by atoms with Crippen molar-refractivity contribution in [1.29, 1.82) is 0 Å². The van der Waals surface area contributed by atoms with Gasteiger partial charge in [-0.3, -0.25) is 0 Å². The van der Waals surface area contributed by atoms with Crippen molar-refractivity contribution in [3.63, 3.8) is 0 Å². The molecule has 1 aliphatic heterocycles. The number of benzene rings is 1. The molecule has 0 aliphatic carbocycles. The normalized spacial score (nSPS) is 23.1. The van der Waals surface area contributed by atoms with Gasteiger partial charge in [-0.25, -0.2) is 4.79 Å². The number of methoxy groups -OCH3 is 1. The molecule has 18 heavy (non-hydrogen) atoms. The first-order valence-electron chi connectivity index (χ1n) is 5.87. The van der Waals surface area contributed by atoms with Crippen molar-refractivity contribution in [2.45, 2.75) is 18.8 Å². The van der Waals surface area contributed by atoms with E-state index in [-0.39, 0.29) is 19.3 Å². The van der Waals surface area contributed by atoms with Crippen molar-refractivity contribution in [3.8, 4) is 0 Å². The third kappa shape index (κ3) is 3.00. The minimum atomic E-state index is -0.640. The van der Waals surface area contributed by atoms with Crippen LogP contribution in [0.3, 0.4) is 0 Å². The fourth-order valence-electron chi connectivity index (χ4n) is 1.95. The number of carbonyl (C=O) groups is 1. The van der Waals surface area contributed by atoms with E-state index in [4.69, 9.17) is 9.47 Å². The molecule has 5 heteroatoms. The minimum Gasteiger partial charge on any atom is -0.445 e. The number of hydrogen-bond donors (Lipinski definition) is 1. The first kappa shape index (κ1) is 12.9. The van der Waals surface area contributed by atoms with Crippen molar-refractivity contribution in [1.82, 2.24) is 4.90 Å². The average Bonchev–Trinajstić information content (AvgIpc) is 2.78. The van der Waals surface area contributed by atoms with Crippen LogP contribution < -0.4 is 0 Å². The fourth-order valence-corrected chi connectivity index (χ4v) is 1.95. The van der Waals surface area contributed by atoms with E-state index >= 15 is 0 Å². The highest BCUT2D eigenvalue weighted by Gasteiger charge is 2.34. The molecule has 0 bridgehead atoms. The molecule has 1 heterocycles. The standard InChI is InChI=1S/C13H17NO4/c1-17-12-8-14(7-11(12)15)13(16)18-9-10-5-3-2-4-6-10/h2-6,11-12,15H,7-9H2,1H3/t11-,12+/m1/s1. The molecule has 0 saturated carbocycles. The molecule has 1 amide bonds. The SMILES string of the molecule is CO[C@H]1CN(C(=O)OCc2ccccc2)C[C@H]1O. The van der Waals surface area contributed by atoms with E-state index in [2.05, 4.69) is 0 Å². The lowest BCUT2D eigenvalue weighted by molar-refractivity contribution is 0.0214. The largest absolute Gasteiger partial charge is 0.445 e. The maximum Gasteiger partial charge on any atom is 0.410 e. The topological polar surface area (TPSA) is 59.0 Å². The number of ether oxygens (including phenoxy) is 2. The summed E-state index contributed by atoms with van der Waals surface area (Å²) in [6, 6.07) is 9.48. The molecule has 0 radical (unpaired) electrons. The summed E-state index contributed by atoms with van der Waals surface area (Å²) < 4.78 is 10.2. The lowest BCUT2D eigenvalue weighted by Crippen LogP contribution is -2.30. The second-order valence-electron chi connectivity index (χ2n) is 4.29. The molecule has 5 nitrogen and oxygen atoms in total. The number of aliphatic hydroxyl groups excluding tert-OH is 1. The van der Waals surface area contributed by atoms with Gasteiger partial charge in [0.25, 0.3) is 0 Å². The summed E-state index contributed by atoms with van der Waals surface area (Å²) in [5.74, 6) is 0. The van der Waals surface area contributed by atoms with Crippen LogP contribution in [-0.4, -0.2) is 48.5 Å². The van der Waals surface area contributed by atoms with E-state index < -0.39 is 12.2 Å². The van der Waals surface area contributed by atoms with Crippen molar-refractivity contribution in [2.24, 2.45) is 0 Å². The maximum absolute atomic E-state index is 11.8. The summed E-state index contributed by atoms with van der Waals surface area (Å²) in [6.45, 7) is 0.862. The second-order valence-corrected chi connectivity index (χ2v) is 4.29. The molecule has 98 valence electrons. The maximum atomic E-state index is 11.8. The Morgan fingerprint density at radius 2 is 2.11 bits per heavy atom. The number of hydrogen-bond acceptors (Lipinski definition) is 4. The van der Waals surface area contributed by atoms with Crippen LogP contribution in [0.15, 0.2) is 30.3 Å². The van der Waals surface area contributed by atoms with Crippen LogP contribution in [0.25, 0.3) is 0 Å². The van der Waals surface area contributed by atoms with Gasteiger partial charge in [0.05, 0.1) is 19.2 Å². The van der Waals surface area contributed by atoms with E-state index in [1.807, 2.05) is 30.3 Å². The molecule has 1 aromatic rings. The average molecular weight is 251 g/mol. The molecule has 2 atom stereocenters. The predicted octanol–water partition coefficient (Wildman–Crippen LogP) is 1.01. The van der Waals surface area contributed by atoms with E-state index in [0.717, 1.165) is 5.56 Å². The second kappa shape index (κ2) is 5.84. The molecule has 1 N–H and O–H groups in total. The number of nitrogens with zero attached hydrogens (tertiary/aromatic N) is 1. The van der Waals surface area contributed by atoms with Crippen LogP contribution in [-0.2, 0) is 16.1 Å². The Labute approximate surface area is 106 Å². The first-order valence-corrected chi connectivity index (χ1v) is 5.87. The van der Waals surface area contributed by atoms with Crippen LogP contribution in [0.1, 0.15) is 5.56 Å². The Hall–Kier alpha value is -1.59. The predicted molar refractivity (Wildman–Crippen MR) is 65.0 cm³/mol. The highest BCUT2D eigenvalue weighted by molar-refractivity contribution is 5.68. The monoisotopic (exact) mass is 251 g/mol. The van der Waals surface area contributed by atoms with Crippen molar-refractivity contribution in [2.75, 3.05) is 20.2 Å². The van der Waals surface area contributed by atoms with E-state index in [1.54, 1.807) is 0 Å². The van der Waals surface area contributed by atoms with E-state index in [0.29, 0.717) is 6.54 Å². The molecular formula is C13H17NO4. The minimum absolute atomic E-state index is 0.240. The molecule has 1 aliphatic rings. The van der Waals surface area contributed by atoms with Crippen LogP contribution >= 0.6 is 0 Å². The third-order valence-electron chi connectivity index (χ3n) is 3.00. The molecule has 0 unspecified atom stereocenters. The number of rotatable bonds is 3. The van der Waals surface area contributed by atoms with Crippen LogP contribution in [0.2, 0.25) is 0 Å². The van der Waals surface area contributed by atoms with Crippen molar-refractivity contribution >= 4 is 6.09 Å². The number of β-amino-alcohol motifs (C(OH)–C–C–N with tert-alkyl or cyclic N) is 1. The van der Waals surface area contributed by atoms with Crippen molar-refractivity contribution < 1.29 is 19.4 Å². The van der Waals surface area contributed by atoms with Gasteiger partial charge in [0.2, 0.25) is 0 Å². The van der Waals surface area contributed by atoms with Gasteiger partial charge in [0.1, 0.15) is 12.7 Å². The van der Waals surface area contributed by atoms with Gasteiger partial charge >= 0.3 is 6.09 Å². The Balaban J connectivity index is 1.82. The van der Waals surface area contributed by atoms with Crippen LogP contribution in [0.5, 0.6) is 0 Å². The molecule has 0 aromatic heterocycles. The lowest BCUT2D eigenvalue weighted by Gasteiger charge is -2.15. The molecule has 1 aromatic carbocycles. The fraction of sp³-hybridized carbons (Fsp3) is 0.462. The zero-order chi connectivity index (χ0) is 13.0. The number of aliphatic hydroxyl groups is 1. The summed E-state index contributed by atoms with van der Waals surface area (Å²) in [4.78, 5) is 13.2. The van der Waals surface area contributed by atoms with E-state index in [1.165, 1.54) is 12.0 Å². The summed E-state index contributed by atoms with van der Waals surface area (Å²) in [5.41, 5.74) is 0.939. The van der Waals surface area contributed by atoms with Gasteiger partial charge in [-0.05, 0) is 5.56 Å². The lowest BCUT2D eigenvalue weighted by atomic mass is 10.2. The number of amides is 1. The smallest absolute Gasteiger partial charge is 0.410 e. The quantitative estimate of drug-likeness (QED) is 0.871. The van der Waals surface area contributed by atoms with E-state index in [9.17, 15) is 9.90 Å². The Morgan fingerprint density at radius 1 is 1.39 bits per heavy atom. The van der Waals surface area contributed by atoms with Gasteiger partial charge in [-0.1, -0.05) is 30.3 Å². The number of likely N-dealkylation sites (tertiary alicyclic amines) is 1. The van der Waals surface area contributed by atoms with Crippen LogP contribution in [0.4, 0.5) is 4.79 Å². The van der Waals surface area contributed by atoms with Crippen LogP contribution in [0, 0.1) is 0 Å². The highest BCUT2D eigenvalue weighted by Crippen LogP contribution is 2.14. The summed E-state index contributed by atoms with van der Waals surface area (Å²) >= 11 is 0. The zero-order valence-electron chi connectivity index (χ0n) is 10.3. The van der Waals surface area contributed by atoms with Gasteiger partial charge in [-0.15, -0.1) is 0 Å². The third-order valence-corrected chi connectivity index (χ3v) is 3.00. The van der Waals surface area contributed by atoms with Crippen molar-refractivity contribution in [3.05, 3.63) is 35.9 Å². The summed E-state index contributed by atoms with van der Waals surface area (Å²) in [5, 5.41) is 9.62. The summed E-state index contributed by atoms with van der Waals surface area (Å²) in [6.07, 6.45) is -1.38. The molecule has 2 rings (SSSR count). The van der Waals surface area contributed by atoms with Gasteiger partial charge in [0, 0.05) is 7.11 Å². The molecule has 1 saturated heterocycles. The Morgan fingerprint density at radius 3 is 2.72 bits per heavy atom. The Bertz CT molecular complexity index is 395. The molecule has 0 spiro atoms. The Kier molecular flexibility index (Phi) is 4.17. The highest BCUT2D eigenvalue weighted by atomic mass is 16.6. The molecular weight excluding hydrogens is 234 g/mol. The summed E-state index contributed by atoms with van der Waals surface area (Å²) in [7, 11) is 1.52. The zero-order valence-corrected chi connectivity index (χ0v) is 10.3. The van der Waals surface area contributed by atoms with Gasteiger partial charge < -0.3 is 19.5 Å². The number of carbonyl (C=O) groups excluding carboxylic acids is 1. The van der Waals surface area contributed by atoms with Gasteiger partial charge in [0.15, 0.2) is 0 Å².